The number of nitrogens with one attached hydrogen (secondary N) is 1. The molecule has 0 atom stereocenters. The first-order valence-corrected chi connectivity index (χ1v) is 5.23. The van der Waals surface area contributed by atoms with Crippen molar-refractivity contribution in [3.8, 4) is 0 Å². The summed E-state index contributed by atoms with van der Waals surface area (Å²) >= 11 is 0. The van der Waals surface area contributed by atoms with Crippen LogP contribution in [0.4, 0.5) is 0 Å². The van der Waals surface area contributed by atoms with Gasteiger partial charge in [-0.3, -0.25) is 0 Å². The van der Waals surface area contributed by atoms with Crippen molar-refractivity contribution in [3.05, 3.63) is 5.82 Å². The van der Waals surface area contributed by atoms with Gasteiger partial charge < -0.3 is 4.74 Å². The molecule has 0 radical (unpaired) electrons. The Morgan fingerprint density at radius 3 is 2.79 bits per heavy atom. The van der Waals surface area contributed by atoms with Crippen LogP contribution in [0.5, 0.6) is 0 Å². The van der Waals surface area contributed by atoms with Crippen molar-refractivity contribution in [2.75, 3.05) is 13.2 Å². The molecule has 0 saturated carbocycles. The highest BCUT2D eigenvalue weighted by atomic mass is 16.5. The molecule has 0 aliphatic heterocycles. The Morgan fingerprint density at radius 2 is 2.07 bits per heavy atom. The van der Waals surface area contributed by atoms with Gasteiger partial charge in [0.1, 0.15) is 0 Å². The molecule has 0 saturated heterocycles. The SMILES string of the molecule is CCCCOCCCCc1nn[nH]n1. The summed E-state index contributed by atoms with van der Waals surface area (Å²) in [6.45, 7) is 3.90. The van der Waals surface area contributed by atoms with Gasteiger partial charge in [-0.2, -0.15) is 5.21 Å². The zero-order valence-corrected chi connectivity index (χ0v) is 8.70. The van der Waals surface area contributed by atoms with Crippen molar-refractivity contribution in [3.63, 3.8) is 0 Å². The standard InChI is InChI=1S/C9H18N4O/c1-2-3-7-14-8-5-4-6-9-10-12-13-11-9/h2-8H2,1H3,(H,10,11,12,13). The van der Waals surface area contributed by atoms with E-state index in [0.29, 0.717) is 0 Å². The van der Waals surface area contributed by atoms with Gasteiger partial charge in [0.25, 0.3) is 0 Å². The highest BCUT2D eigenvalue weighted by molar-refractivity contribution is 4.74. The van der Waals surface area contributed by atoms with Crippen LogP contribution in [0.25, 0.3) is 0 Å². The Balaban J connectivity index is 1.85. The minimum absolute atomic E-state index is 0.790. The summed E-state index contributed by atoms with van der Waals surface area (Å²) in [7, 11) is 0. The van der Waals surface area contributed by atoms with Gasteiger partial charge >= 0.3 is 0 Å². The van der Waals surface area contributed by atoms with Gasteiger partial charge in [-0.15, -0.1) is 10.2 Å². The molecule has 1 aromatic heterocycles. The predicted octanol–water partition coefficient (Wildman–Crippen LogP) is 1.34. The zero-order valence-electron chi connectivity index (χ0n) is 8.70. The summed E-state index contributed by atoms with van der Waals surface area (Å²) in [5, 5.41) is 13.7. The summed E-state index contributed by atoms with van der Waals surface area (Å²) in [6, 6.07) is 0. The number of unbranched alkanes of at least 4 members (excludes halogenated alkanes) is 2. The summed E-state index contributed by atoms with van der Waals surface area (Å²) < 4.78 is 5.43. The van der Waals surface area contributed by atoms with Gasteiger partial charge in [-0.25, -0.2) is 0 Å². The van der Waals surface area contributed by atoms with Gasteiger partial charge in [0.05, 0.1) is 0 Å². The van der Waals surface area contributed by atoms with E-state index in [9.17, 15) is 0 Å². The van der Waals surface area contributed by atoms with Crippen LogP contribution in [0.1, 0.15) is 38.4 Å². The summed E-state index contributed by atoms with van der Waals surface area (Å²) in [5.41, 5.74) is 0. The second kappa shape index (κ2) is 7.44. The third-order valence-corrected chi connectivity index (χ3v) is 1.97. The molecule has 5 heteroatoms. The van der Waals surface area contributed by atoms with Crippen LogP contribution in [0.3, 0.4) is 0 Å². The molecule has 1 heterocycles. The van der Waals surface area contributed by atoms with Crippen LogP contribution in [0.15, 0.2) is 0 Å². The van der Waals surface area contributed by atoms with E-state index in [1.54, 1.807) is 0 Å². The Labute approximate surface area is 84.2 Å². The summed E-state index contributed by atoms with van der Waals surface area (Å²) in [6.07, 6.45) is 5.37. The lowest BCUT2D eigenvalue weighted by atomic mass is 10.2. The Morgan fingerprint density at radius 1 is 1.21 bits per heavy atom. The second-order valence-corrected chi connectivity index (χ2v) is 3.25. The fourth-order valence-electron chi connectivity index (χ4n) is 1.12. The molecule has 80 valence electrons. The number of tetrazole rings is 1. The Hall–Kier alpha value is -0.970. The van der Waals surface area contributed by atoms with E-state index in [2.05, 4.69) is 27.5 Å². The number of aromatic amines is 1. The molecular formula is C9H18N4O. The highest BCUT2D eigenvalue weighted by Crippen LogP contribution is 1.98. The molecule has 1 N–H and O–H groups in total. The van der Waals surface area contributed by atoms with Gasteiger partial charge in [0.2, 0.25) is 0 Å². The molecule has 5 nitrogen and oxygen atoms in total. The molecule has 1 rings (SSSR count). The maximum atomic E-state index is 5.43. The molecule has 0 aliphatic carbocycles. The molecule has 0 unspecified atom stereocenters. The molecule has 0 fully saturated rings. The number of ether oxygens (including phenoxy) is 1. The maximum Gasteiger partial charge on any atom is 0.174 e. The second-order valence-electron chi connectivity index (χ2n) is 3.25. The number of H-pyrrole nitrogens is 1. The first-order valence-electron chi connectivity index (χ1n) is 5.23. The molecule has 1 aromatic rings. The number of nitrogens with zero attached hydrogens (tertiary/aromatic N) is 3. The minimum atomic E-state index is 0.790. The monoisotopic (exact) mass is 198 g/mol. The minimum Gasteiger partial charge on any atom is -0.381 e. The van der Waals surface area contributed by atoms with Crippen LogP contribution >= 0.6 is 0 Å². The molecule has 0 aliphatic rings. The number of hydrogen-bond donors (Lipinski definition) is 1. The Bertz CT molecular complexity index is 213. The van der Waals surface area contributed by atoms with Crippen molar-refractivity contribution in [1.82, 2.24) is 20.6 Å². The van der Waals surface area contributed by atoms with E-state index in [4.69, 9.17) is 4.74 Å². The zero-order chi connectivity index (χ0) is 10.1. The highest BCUT2D eigenvalue weighted by Gasteiger charge is 1.97. The van der Waals surface area contributed by atoms with Crippen LogP contribution < -0.4 is 0 Å². The molecule has 0 aromatic carbocycles. The van der Waals surface area contributed by atoms with E-state index in [-0.39, 0.29) is 0 Å². The van der Waals surface area contributed by atoms with E-state index in [0.717, 1.165) is 44.7 Å². The van der Waals surface area contributed by atoms with E-state index >= 15 is 0 Å². The lowest BCUT2D eigenvalue weighted by molar-refractivity contribution is 0.127. The molecule has 0 amide bonds. The smallest absolute Gasteiger partial charge is 0.174 e. The third-order valence-electron chi connectivity index (χ3n) is 1.97. The average molecular weight is 198 g/mol. The fraction of sp³-hybridized carbons (Fsp3) is 0.889. The molecule has 0 bridgehead atoms. The number of rotatable bonds is 8. The molecule has 0 spiro atoms. The van der Waals surface area contributed by atoms with Crippen LogP contribution in [-0.2, 0) is 11.2 Å². The lowest BCUT2D eigenvalue weighted by Gasteiger charge is -2.01. The topological polar surface area (TPSA) is 63.7 Å². The number of aryl methyl sites for hydroxylation is 1. The molecular weight excluding hydrogens is 180 g/mol. The summed E-state index contributed by atoms with van der Waals surface area (Å²) in [4.78, 5) is 0. The van der Waals surface area contributed by atoms with Crippen molar-refractivity contribution < 1.29 is 4.74 Å². The van der Waals surface area contributed by atoms with Crippen molar-refractivity contribution in [2.24, 2.45) is 0 Å². The quantitative estimate of drug-likeness (QED) is 0.640. The van der Waals surface area contributed by atoms with Crippen LogP contribution in [0, 0.1) is 0 Å². The maximum absolute atomic E-state index is 5.43. The van der Waals surface area contributed by atoms with Crippen molar-refractivity contribution in [2.45, 2.75) is 39.0 Å². The van der Waals surface area contributed by atoms with E-state index < -0.39 is 0 Å². The predicted molar refractivity (Wildman–Crippen MR) is 52.8 cm³/mol. The average Bonchev–Trinajstić information content (AvgIpc) is 2.69. The third kappa shape index (κ3) is 4.91. The van der Waals surface area contributed by atoms with E-state index in [1.165, 1.54) is 6.42 Å². The first kappa shape index (κ1) is 11.1. The van der Waals surface area contributed by atoms with Gasteiger partial charge in [-0.1, -0.05) is 18.6 Å². The molecule has 14 heavy (non-hydrogen) atoms. The van der Waals surface area contributed by atoms with Gasteiger partial charge in [0, 0.05) is 19.6 Å². The van der Waals surface area contributed by atoms with Crippen LogP contribution in [-0.4, -0.2) is 33.8 Å². The van der Waals surface area contributed by atoms with Gasteiger partial charge in [-0.05, 0) is 19.3 Å². The number of aromatic nitrogens is 4. The Kier molecular flexibility index (Phi) is 5.90. The number of hydrogen-bond acceptors (Lipinski definition) is 4. The van der Waals surface area contributed by atoms with Crippen molar-refractivity contribution >= 4 is 0 Å². The van der Waals surface area contributed by atoms with E-state index in [1.807, 2.05) is 0 Å². The fourth-order valence-corrected chi connectivity index (χ4v) is 1.12. The van der Waals surface area contributed by atoms with Crippen LogP contribution in [0.2, 0.25) is 0 Å². The van der Waals surface area contributed by atoms with Crippen molar-refractivity contribution in [1.29, 1.82) is 0 Å². The lowest BCUT2D eigenvalue weighted by Crippen LogP contribution is -1.98. The first-order chi connectivity index (χ1) is 6.93. The summed E-state index contributed by atoms with van der Waals surface area (Å²) in [5.74, 6) is 0.790. The normalized spacial score (nSPS) is 10.6. The van der Waals surface area contributed by atoms with Gasteiger partial charge in [0.15, 0.2) is 5.82 Å². The largest absolute Gasteiger partial charge is 0.381 e.